The van der Waals surface area contributed by atoms with Crippen LogP contribution in [-0.4, -0.2) is 36.9 Å². The zero-order chi connectivity index (χ0) is 18.2. The van der Waals surface area contributed by atoms with Gasteiger partial charge in [-0.05, 0) is 49.1 Å². The van der Waals surface area contributed by atoms with Crippen molar-refractivity contribution < 1.29 is 14.3 Å². The van der Waals surface area contributed by atoms with Crippen LogP contribution in [-0.2, 0) is 9.59 Å². The Kier molecular flexibility index (Phi) is 6.77. The van der Waals surface area contributed by atoms with Gasteiger partial charge in [-0.1, -0.05) is 6.07 Å². The Morgan fingerprint density at radius 1 is 1.32 bits per heavy atom. The molecule has 1 heterocycles. The predicted octanol–water partition coefficient (Wildman–Crippen LogP) is 3.57. The van der Waals surface area contributed by atoms with E-state index >= 15 is 0 Å². The van der Waals surface area contributed by atoms with Gasteiger partial charge in [-0.15, -0.1) is 11.3 Å². The number of nitrogens with one attached hydrogen (secondary N) is 1. The lowest BCUT2D eigenvalue weighted by molar-refractivity contribution is -0.130. The van der Waals surface area contributed by atoms with Gasteiger partial charge in [0.25, 0.3) is 0 Å². The van der Waals surface area contributed by atoms with E-state index in [1.165, 1.54) is 11.0 Å². The Bertz CT molecular complexity index is 768. The monoisotopic (exact) mass is 358 g/mol. The van der Waals surface area contributed by atoms with Crippen molar-refractivity contribution >= 4 is 34.9 Å². The van der Waals surface area contributed by atoms with Gasteiger partial charge in [-0.25, -0.2) is 0 Å². The number of methoxy groups -OCH3 is 1. The molecule has 0 aliphatic heterocycles. The fourth-order valence-electron chi connectivity index (χ4n) is 2.23. The number of anilines is 1. The summed E-state index contributed by atoms with van der Waals surface area (Å²) in [7, 11) is 1.57. The average Bonchev–Trinajstić information content (AvgIpc) is 3.02. The molecule has 0 atom stereocenters. The Hall–Kier alpha value is -2.60. The van der Waals surface area contributed by atoms with Crippen molar-refractivity contribution in [1.29, 1.82) is 0 Å². The van der Waals surface area contributed by atoms with Crippen molar-refractivity contribution in [2.45, 2.75) is 13.8 Å². The SMILES string of the molecule is CCN(CC(=O)Nc1cccc(OC)c1)C(=O)/C=C/c1sccc1C. The van der Waals surface area contributed by atoms with Crippen molar-refractivity contribution in [2.75, 3.05) is 25.5 Å². The third kappa shape index (κ3) is 5.46. The molecule has 0 saturated heterocycles. The van der Waals surface area contributed by atoms with Gasteiger partial charge in [0, 0.05) is 29.3 Å². The molecule has 0 fully saturated rings. The molecule has 0 bridgehead atoms. The van der Waals surface area contributed by atoms with Crippen molar-refractivity contribution in [3.05, 3.63) is 52.2 Å². The minimum Gasteiger partial charge on any atom is -0.497 e. The van der Waals surface area contributed by atoms with Gasteiger partial charge in [0.15, 0.2) is 0 Å². The van der Waals surface area contributed by atoms with Crippen LogP contribution in [0.1, 0.15) is 17.4 Å². The van der Waals surface area contributed by atoms with Crippen molar-refractivity contribution in [3.63, 3.8) is 0 Å². The van der Waals surface area contributed by atoms with E-state index in [9.17, 15) is 9.59 Å². The molecule has 2 aromatic rings. The molecule has 5 nitrogen and oxygen atoms in total. The minimum atomic E-state index is -0.246. The molecule has 0 unspecified atom stereocenters. The predicted molar refractivity (Wildman–Crippen MR) is 102 cm³/mol. The Morgan fingerprint density at radius 3 is 2.76 bits per heavy atom. The quantitative estimate of drug-likeness (QED) is 0.770. The molecule has 0 spiro atoms. The molecule has 1 N–H and O–H groups in total. The van der Waals surface area contributed by atoms with Gasteiger partial charge >= 0.3 is 0 Å². The summed E-state index contributed by atoms with van der Waals surface area (Å²) in [6, 6.07) is 9.11. The molecule has 1 aromatic heterocycles. The number of carbonyl (C=O) groups excluding carboxylic acids is 2. The number of aryl methyl sites for hydroxylation is 1. The Labute approximate surface area is 151 Å². The number of hydrogen-bond acceptors (Lipinski definition) is 4. The van der Waals surface area contributed by atoms with Gasteiger partial charge in [-0.2, -0.15) is 0 Å². The lowest BCUT2D eigenvalue weighted by atomic mass is 10.2. The van der Waals surface area contributed by atoms with E-state index in [0.717, 1.165) is 10.4 Å². The second-order valence-corrected chi connectivity index (χ2v) is 6.38. The van der Waals surface area contributed by atoms with Crippen LogP contribution in [0.4, 0.5) is 5.69 Å². The smallest absolute Gasteiger partial charge is 0.247 e. The lowest BCUT2D eigenvalue weighted by Gasteiger charge is -2.18. The van der Waals surface area contributed by atoms with Crippen LogP contribution in [0.25, 0.3) is 6.08 Å². The number of hydrogen-bond donors (Lipinski definition) is 1. The van der Waals surface area contributed by atoms with E-state index in [4.69, 9.17) is 4.74 Å². The molecule has 0 saturated carbocycles. The van der Waals surface area contributed by atoms with E-state index in [2.05, 4.69) is 5.32 Å². The van der Waals surface area contributed by atoms with Gasteiger partial charge in [0.05, 0.1) is 7.11 Å². The number of thiophene rings is 1. The van der Waals surface area contributed by atoms with Crippen LogP contribution in [0.3, 0.4) is 0 Å². The highest BCUT2D eigenvalue weighted by atomic mass is 32.1. The number of amides is 2. The van der Waals surface area contributed by atoms with E-state index in [-0.39, 0.29) is 18.4 Å². The maximum atomic E-state index is 12.3. The fourth-order valence-corrected chi connectivity index (χ4v) is 3.05. The van der Waals surface area contributed by atoms with Crippen LogP contribution in [0.2, 0.25) is 0 Å². The number of ether oxygens (including phenoxy) is 1. The first-order valence-corrected chi connectivity index (χ1v) is 8.86. The van der Waals surface area contributed by atoms with Gasteiger partial charge in [0.2, 0.25) is 11.8 Å². The first-order chi connectivity index (χ1) is 12.0. The average molecular weight is 358 g/mol. The third-order valence-corrected chi connectivity index (χ3v) is 4.64. The van der Waals surface area contributed by atoms with Crippen LogP contribution in [0, 0.1) is 6.92 Å². The maximum absolute atomic E-state index is 12.3. The van der Waals surface area contributed by atoms with E-state index in [0.29, 0.717) is 18.0 Å². The Balaban J connectivity index is 1.95. The topological polar surface area (TPSA) is 58.6 Å². The van der Waals surface area contributed by atoms with Crippen LogP contribution in [0.5, 0.6) is 5.75 Å². The number of likely N-dealkylation sites (N-methyl/N-ethyl adjacent to an activating group) is 1. The highest BCUT2D eigenvalue weighted by molar-refractivity contribution is 7.11. The maximum Gasteiger partial charge on any atom is 0.247 e. The summed E-state index contributed by atoms with van der Waals surface area (Å²) in [5, 5.41) is 4.76. The molecule has 6 heteroatoms. The summed E-state index contributed by atoms with van der Waals surface area (Å²) in [4.78, 5) is 27.1. The summed E-state index contributed by atoms with van der Waals surface area (Å²) in [6.07, 6.45) is 3.31. The second kappa shape index (κ2) is 9.03. The summed E-state index contributed by atoms with van der Waals surface area (Å²) in [6.45, 7) is 4.30. The molecule has 2 rings (SSSR count). The number of rotatable bonds is 7. The van der Waals surface area contributed by atoms with Crippen LogP contribution in [0.15, 0.2) is 41.8 Å². The normalized spacial score (nSPS) is 10.7. The van der Waals surface area contributed by atoms with E-state index in [1.807, 2.05) is 25.3 Å². The van der Waals surface area contributed by atoms with E-state index in [1.54, 1.807) is 48.8 Å². The highest BCUT2D eigenvalue weighted by Gasteiger charge is 2.13. The van der Waals surface area contributed by atoms with Crippen molar-refractivity contribution in [3.8, 4) is 5.75 Å². The zero-order valence-corrected chi connectivity index (χ0v) is 15.4. The highest BCUT2D eigenvalue weighted by Crippen LogP contribution is 2.18. The number of nitrogens with zero attached hydrogens (tertiary/aromatic N) is 1. The molecule has 1 aromatic carbocycles. The second-order valence-electron chi connectivity index (χ2n) is 5.43. The number of carbonyl (C=O) groups is 2. The summed E-state index contributed by atoms with van der Waals surface area (Å²) >= 11 is 1.58. The minimum absolute atomic E-state index is 0.000303. The summed E-state index contributed by atoms with van der Waals surface area (Å²) in [5.41, 5.74) is 1.77. The molecular weight excluding hydrogens is 336 g/mol. The summed E-state index contributed by atoms with van der Waals surface area (Å²) in [5.74, 6) is 0.232. The van der Waals surface area contributed by atoms with Gasteiger partial charge < -0.3 is 15.0 Å². The molecular formula is C19H22N2O3S. The molecule has 25 heavy (non-hydrogen) atoms. The van der Waals surface area contributed by atoms with Gasteiger partial charge in [-0.3, -0.25) is 9.59 Å². The fraction of sp³-hybridized carbons (Fsp3) is 0.263. The first-order valence-electron chi connectivity index (χ1n) is 7.98. The van der Waals surface area contributed by atoms with Crippen molar-refractivity contribution in [2.24, 2.45) is 0 Å². The summed E-state index contributed by atoms with van der Waals surface area (Å²) < 4.78 is 5.13. The number of benzene rings is 1. The standard InChI is InChI=1S/C19H22N2O3S/c1-4-21(19(23)9-8-17-14(2)10-11-25-17)13-18(22)20-15-6-5-7-16(12-15)24-3/h5-12H,4,13H2,1-3H3,(H,20,22)/b9-8+. The van der Waals surface area contributed by atoms with Crippen LogP contribution >= 0.6 is 11.3 Å². The van der Waals surface area contributed by atoms with E-state index < -0.39 is 0 Å². The first kappa shape index (κ1) is 18.7. The largest absolute Gasteiger partial charge is 0.497 e. The molecule has 2 amide bonds. The third-order valence-electron chi connectivity index (χ3n) is 3.66. The lowest BCUT2D eigenvalue weighted by Crippen LogP contribution is -2.36. The molecule has 0 aliphatic rings. The zero-order valence-electron chi connectivity index (χ0n) is 14.6. The van der Waals surface area contributed by atoms with Crippen LogP contribution < -0.4 is 10.1 Å². The van der Waals surface area contributed by atoms with Crippen molar-refractivity contribution in [1.82, 2.24) is 4.90 Å². The Morgan fingerprint density at radius 2 is 2.12 bits per heavy atom. The van der Waals surface area contributed by atoms with Gasteiger partial charge in [0.1, 0.15) is 12.3 Å². The molecule has 0 aliphatic carbocycles. The molecule has 0 radical (unpaired) electrons. The molecule has 132 valence electrons.